The number of nitrogens with zero attached hydrogens (tertiary/aromatic N) is 1. The van der Waals surface area contributed by atoms with Crippen molar-refractivity contribution in [2.45, 2.75) is 44.7 Å². The molecule has 1 unspecified atom stereocenters. The Morgan fingerprint density at radius 2 is 1.84 bits per heavy atom. The summed E-state index contributed by atoms with van der Waals surface area (Å²) >= 11 is 0. The third kappa shape index (κ3) is 7.97. The van der Waals surface area contributed by atoms with Crippen LogP contribution in [0.5, 0.6) is 0 Å². The Hall–Kier alpha value is -2.42. The highest BCUT2D eigenvalue weighted by molar-refractivity contribution is 7.89. The molecule has 3 N–H and O–H groups in total. The van der Waals surface area contributed by atoms with Gasteiger partial charge in [-0.25, -0.2) is 18.1 Å². The van der Waals surface area contributed by atoms with Crippen molar-refractivity contribution in [2.75, 3.05) is 26.8 Å². The molecule has 0 heterocycles. The van der Waals surface area contributed by atoms with Crippen molar-refractivity contribution >= 4 is 16.0 Å². The van der Waals surface area contributed by atoms with E-state index in [0.717, 1.165) is 18.5 Å². The highest BCUT2D eigenvalue weighted by atomic mass is 32.2. The summed E-state index contributed by atoms with van der Waals surface area (Å²) in [5.41, 5.74) is 3.30. The summed E-state index contributed by atoms with van der Waals surface area (Å²) in [4.78, 5) is 4.86. The maximum absolute atomic E-state index is 12.4. The van der Waals surface area contributed by atoms with E-state index in [1.54, 1.807) is 18.2 Å². The van der Waals surface area contributed by atoms with E-state index < -0.39 is 10.0 Å². The standard InChI is InChI=1S/C23H34N4O3S/c1-5-19-10-12-21(13-11-19)18(3)27-23(24-6-2)25-17-20-8-7-9-22(16-20)31(28,29)26-14-15-30-4/h7-13,16,18,26H,5-6,14-15,17H2,1-4H3,(H2,24,25,27). The predicted octanol–water partition coefficient (Wildman–Crippen LogP) is 2.99. The number of aryl methyl sites for hydroxylation is 1. The molecule has 8 heteroatoms. The molecule has 31 heavy (non-hydrogen) atoms. The Balaban J connectivity index is 2.09. The topological polar surface area (TPSA) is 91.8 Å². The molecule has 0 radical (unpaired) electrons. The van der Waals surface area contributed by atoms with Gasteiger partial charge in [-0.2, -0.15) is 0 Å². The molecule has 0 saturated carbocycles. The first-order chi connectivity index (χ1) is 14.9. The van der Waals surface area contributed by atoms with Gasteiger partial charge in [0.15, 0.2) is 5.96 Å². The Bertz CT molecular complexity index is 944. The van der Waals surface area contributed by atoms with Crippen LogP contribution in [0.3, 0.4) is 0 Å². The molecular weight excluding hydrogens is 412 g/mol. The fourth-order valence-corrected chi connectivity index (χ4v) is 4.08. The van der Waals surface area contributed by atoms with Gasteiger partial charge in [-0.05, 0) is 49.1 Å². The van der Waals surface area contributed by atoms with Gasteiger partial charge in [0.2, 0.25) is 10.0 Å². The lowest BCUT2D eigenvalue weighted by molar-refractivity contribution is 0.204. The van der Waals surface area contributed by atoms with E-state index in [9.17, 15) is 8.42 Å². The number of guanidine groups is 1. The fraction of sp³-hybridized carbons (Fsp3) is 0.435. The molecule has 2 aromatic carbocycles. The van der Waals surface area contributed by atoms with E-state index in [2.05, 4.69) is 58.5 Å². The zero-order chi connectivity index (χ0) is 22.7. The summed E-state index contributed by atoms with van der Waals surface area (Å²) in [5, 5.41) is 6.67. The molecule has 0 aliphatic heterocycles. The first-order valence-corrected chi connectivity index (χ1v) is 12.1. The smallest absolute Gasteiger partial charge is 0.240 e. The average molecular weight is 447 g/mol. The van der Waals surface area contributed by atoms with Crippen LogP contribution >= 0.6 is 0 Å². The zero-order valence-corrected chi connectivity index (χ0v) is 19.6. The van der Waals surface area contributed by atoms with E-state index in [4.69, 9.17) is 4.74 Å². The second kappa shape index (κ2) is 12.4. The number of hydrogen-bond acceptors (Lipinski definition) is 4. The van der Waals surface area contributed by atoms with Crippen molar-refractivity contribution in [3.05, 3.63) is 65.2 Å². The molecule has 7 nitrogen and oxygen atoms in total. The Morgan fingerprint density at radius 1 is 1.10 bits per heavy atom. The van der Waals surface area contributed by atoms with Crippen LogP contribution < -0.4 is 15.4 Å². The molecule has 2 rings (SSSR count). The third-order valence-electron chi connectivity index (χ3n) is 4.81. The summed E-state index contributed by atoms with van der Waals surface area (Å²) in [6.07, 6.45) is 1.02. The minimum absolute atomic E-state index is 0.0837. The van der Waals surface area contributed by atoms with Gasteiger partial charge >= 0.3 is 0 Å². The average Bonchev–Trinajstić information content (AvgIpc) is 2.78. The van der Waals surface area contributed by atoms with Crippen molar-refractivity contribution in [2.24, 2.45) is 4.99 Å². The van der Waals surface area contributed by atoms with E-state index in [1.165, 1.54) is 18.2 Å². The zero-order valence-electron chi connectivity index (χ0n) is 18.8. The van der Waals surface area contributed by atoms with Crippen molar-refractivity contribution in [3.63, 3.8) is 0 Å². The molecule has 0 spiro atoms. The van der Waals surface area contributed by atoms with Gasteiger partial charge < -0.3 is 15.4 Å². The number of hydrogen-bond donors (Lipinski definition) is 3. The summed E-state index contributed by atoms with van der Waals surface area (Å²) in [7, 11) is -2.04. The van der Waals surface area contributed by atoms with Crippen molar-refractivity contribution < 1.29 is 13.2 Å². The van der Waals surface area contributed by atoms with Gasteiger partial charge in [0, 0.05) is 20.2 Å². The first kappa shape index (κ1) is 24.8. The molecule has 1 atom stereocenters. The molecule has 2 aromatic rings. The predicted molar refractivity (Wildman–Crippen MR) is 126 cm³/mol. The fourth-order valence-electron chi connectivity index (χ4n) is 2.99. The molecule has 0 saturated heterocycles. The van der Waals surface area contributed by atoms with Crippen molar-refractivity contribution in [1.29, 1.82) is 0 Å². The van der Waals surface area contributed by atoms with Gasteiger partial charge in [-0.3, -0.25) is 0 Å². The van der Waals surface area contributed by atoms with Crippen molar-refractivity contribution in [3.8, 4) is 0 Å². The van der Waals surface area contributed by atoms with Gasteiger partial charge in [-0.15, -0.1) is 0 Å². The van der Waals surface area contributed by atoms with Gasteiger partial charge in [0.25, 0.3) is 0 Å². The highest BCUT2D eigenvalue weighted by Gasteiger charge is 2.14. The van der Waals surface area contributed by atoms with E-state index in [1.807, 2.05) is 13.0 Å². The minimum Gasteiger partial charge on any atom is -0.383 e. The molecule has 170 valence electrons. The minimum atomic E-state index is -3.57. The monoisotopic (exact) mass is 446 g/mol. The largest absolute Gasteiger partial charge is 0.383 e. The Kier molecular flexibility index (Phi) is 9.97. The normalized spacial score (nSPS) is 13.1. The highest BCUT2D eigenvalue weighted by Crippen LogP contribution is 2.15. The van der Waals surface area contributed by atoms with Crippen LogP contribution in [0.4, 0.5) is 0 Å². The molecule has 0 bridgehead atoms. The number of methoxy groups -OCH3 is 1. The number of benzene rings is 2. The summed E-state index contributed by atoms with van der Waals surface area (Å²) in [6.45, 7) is 7.88. The number of aliphatic imine (C=N–C) groups is 1. The second-order valence-electron chi connectivity index (χ2n) is 7.19. The third-order valence-corrected chi connectivity index (χ3v) is 6.27. The summed E-state index contributed by atoms with van der Waals surface area (Å²) < 4.78 is 32.3. The van der Waals surface area contributed by atoms with Crippen LogP contribution in [0, 0.1) is 0 Å². The van der Waals surface area contributed by atoms with E-state index >= 15 is 0 Å². The van der Waals surface area contributed by atoms with Crippen LogP contribution in [-0.2, 0) is 27.7 Å². The summed E-state index contributed by atoms with van der Waals surface area (Å²) in [6, 6.07) is 15.5. The molecule has 0 aliphatic rings. The molecule has 0 amide bonds. The van der Waals surface area contributed by atoms with E-state index in [-0.39, 0.29) is 17.5 Å². The lowest BCUT2D eigenvalue weighted by atomic mass is 10.1. The number of nitrogens with one attached hydrogen (secondary N) is 3. The Morgan fingerprint density at radius 3 is 2.48 bits per heavy atom. The molecular formula is C23H34N4O3S. The SMILES string of the molecule is CCNC(=NCc1cccc(S(=O)(=O)NCCOC)c1)NC(C)c1ccc(CC)cc1. The van der Waals surface area contributed by atoms with Gasteiger partial charge in [0.05, 0.1) is 24.1 Å². The second-order valence-corrected chi connectivity index (χ2v) is 8.96. The van der Waals surface area contributed by atoms with Gasteiger partial charge in [0.1, 0.15) is 0 Å². The lowest BCUT2D eigenvalue weighted by Crippen LogP contribution is -2.38. The number of ether oxygens (including phenoxy) is 1. The van der Waals surface area contributed by atoms with Gasteiger partial charge in [-0.1, -0.05) is 43.3 Å². The maximum Gasteiger partial charge on any atom is 0.240 e. The number of sulfonamides is 1. The van der Waals surface area contributed by atoms with Crippen LogP contribution in [0.2, 0.25) is 0 Å². The molecule has 0 aliphatic carbocycles. The molecule has 0 fully saturated rings. The number of rotatable bonds is 11. The van der Waals surface area contributed by atoms with E-state index in [0.29, 0.717) is 19.1 Å². The first-order valence-electron chi connectivity index (χ1n) is 10.6. The van der Waals surface area contributed by atoms with Crippen LogP contribution in [0.15, 0.2) is 58.4 Å². The molecule has 0 aromatic heterocycles. The van der Waals surface area contributed by atoms with Crippen LogP contribution in [-0.4, -0.2) is 41.2 Å². The summed E-state index contributed by atoms with van der Waals surface area (Å²) in [5.74, 6) is 0.682. The van der Waals surface area contributed by atoms with Crippen LogP contribution in [0.1, 0.15) is 43.5 Å². The van der Waals surface area contributed by atoms with Crippen molar-refractivity contribution in [1.82, 2.24) is 15.4 Å². The quantitative estimate of drug-likeness (QED) is 0.280. The lowest BCUT2D eigenvalue weighted by Gasteiger charge is -2.18. The Labute approximate surface area is 186 Å². The maximum atomic E-state index is 12.4. The van der Waals surface area contributed by atoms with Crippen LogP contribution in [0.25, 0.3) is 0 Å².